The Morgan fingerprint density at radius 3 is 2.53 bits per heavy atom. The van der Waals surface area contributed by atoms with Crippen LogP contribution in [0.2, 0.25) is 0 Å². The van der Waals surface area contributed by atoms with Crippen LogP contribution in [0.4, 0.5) is 0 Å². The summed E-state index contributed by atoms with van der Waals surface area (Å²) in [4.78, 5) is 14.6. The van der Waals surface area contributed by atoms with Crippen LogP contribution in [-0.4, -0.2) is 29.8 Å². The normalized spacial score (nSPS) is 39.9. The number of likely N-dealkylation sites (N-methyl/N-ethyl adjacent to an activating group) is 1. The van der Waals surface area contributed by atoms with E-state index in [0.717, 1.165) is 18.4 Å². The molecule has 2 nitrogen and oxygen atoms in total. The van der Waals surface area contributed by atoms with E-state index in [4.69, 9.17) is 0 Å². The van der Waals surface area contributed by atoms with Gasteiger partial charge in [-0.05, 0) is 36.6 Å². The van der Waals surface area contributed by atoms with Gasteiger partial charge in [0.15, 0.2) is 0 Å². The molecule has 3 aliphatic rings. The highest BCUT2D eigenvalue weighted by Crippen LogP contribution is 2.65. The summed E-state index contributed by atoms with van der Waals surface area (Å²) in [5.41, 5.74) is 0.549. The fourth-order valence-electron chi connectivity index (χ4n) is 4.98. The van der Waals surface area contributed by atoms with Crippen LogP contribution in [0.15, 0.2) is 0 Å². The van der Waals surface area contributed by atoms with Crippen LogP contribution in [0.1, 0.15) is 65.2 Å². The third-order valence-electron chi connectivity index (χ3n) is 6.16. The van der Waals surface area contributed by atoms with Gasteiger partial charge in [0.1, 0.15) is 5.78 Å². The second-order valence-corrected chi connectivity index (χ2v) is 7.17. The molecule has 3 fully saturated rings. The maximum absolute atomic E-state index is 12.1. The standard InChI is InChI=1S/C17H29NO/c1-3-16(19)15-11-17(12-18(15)4-2)10-14(17)13-8-6-5-7-9-13/h13-15H,3-12H2,1-2H3/t14?,15-,17-/m0/s1. The zero-order chi connectivity index (χ0) is 13.5. The Bertz CT molecular complexity index is 347. The molecule has 1 saturated heterocycles. The molecule has 0 aromatic heterocycles. The molecule has 1 unspecified atom stereocenters. The zero-order valence-electron chi connectivity index (χ0n) is 12.7. The second kappa shape index (κ2) is 5.20. The molecule has 19 heavy (non-hydrogen) atoms. The maximum Gasteiger partial charge on any atom is 0.149 e. The van der Waals surface area contributed by atoms with Gasteiger partial charge in [0.2, 0.25) is 0 Å². The van der Waals surface area contributed by atoms with Crippen molar-refractivity contribution in [3.8, 4) is 0 Å². The fraction of sp³-hybridized carbons (Fsp3) is 0.941. The molecule has 2 aliphatic carbocycles. The van der Waals surface area contributed by atoms with Crippen molar-refractivity contribution in [3.05, 3.63) is 0 Å². The molecule has 1 spiro atoms. The Kier molecular flexibility index (Phi) is 3.72. The average Bonchev–Trinajstić information content (AvgIpc) is 3.02. The number of ketones is 1. The molecule has 0 aromatic carbocycles. The van der Waals surface area contributed by atoms with Crippen molar-refractivity contribution < 1.29 is 4.79 Å². The van der Waals surface area contributed by atoms with Crippen molar-refractivity contribution in [2.45, 2.75) is 71.3 Å². The number of carbonyl (C=O) groups excluding carboxylic acids is 1. The van der Waals surface area contributed by atoms with Crippen molar-refractivity contribution in [1.82, 2.24) is 4.90 Å². The first-order valence-electron chi connectivity index (χ1n) is 8.47. The lowest BCUT2D eigenvalue weighted by Crippen LogP contribution is -2.35. The van der Waals surface area contributed by atoms with Gasteiger partial charge in [0.05, 0.1) is 6.04 Å². The summed E-state index contributed by atoms with van der Waals surface area (Å²) in [7, 11) is 0. The van der Waals surface area contributed by atoms with Crippen LogP contribution in [-0.2, 0) is 4.79 Å². The van der Waals surface area contributed by atoms with Gasteiger partial charge in [-0.1, -0.05) is 46.0 Å². The van der Waals surface area contributed by atoms with E-state index in [1.807, 2.05) is 6.92 Å². The number of likely N-dealkylation sites (tertiary alicyclic amines) is 1. The first-order chi connectivity index (χ1) is 9.20. The van der Waals surface area contributed by atoms with Gasteiger partial charge < -0.3 is 0 Å². The van der Waals surface area contributed by atoms with Crippen LogP contribution in [0.3, 0.4) is 0 Å². The van der Waals surface area contributed by atoms with Gasteiger partial charge in [0.25, 0.3) is 0 Å². The largest absolute Gasteiger partial charge is 0.298 e. The minimum atomic E-state index is 0.253. The molecule has 0 bridgehead atoms. The Balaban J connectivity index is 1.65. The van der Waals surface area contributed by atoms with Crippen molar-refractivity contribution in [3.63, 3.8) is 0 Å². The van der Waals surface area contributed by atoms with E-state index in [2.05, 4.69) is 11.8 Å². The lowest BCUT2D eigenvalue weighted by atomic mass is 9.82. The highest BCUT2D eigenvalue weighted by Gasteiger charge is 2.62. The molecule has 2 saturated carbocycles. The topological polar surface area (TPSA) is 20.3 Å². The Labute approximate surface area is 117 Å². The van der Waals surface area contributed by atoms with E-state index >= 15 is 0 Å². The fourth-order valence-corrected chi connectivity index (χ4v) is 4.98. The molecular formula is C17H29NO. The quantitative estimate of drug-likeness (QED) is 0.771. The SMILES string of the molecule is CCC(=O)[C@@H]1C[C@@]2(CC2C2CCCCC2)CN1CC. The van der Waals surface area contributed by atoms with Crippen LogP contribution in [0.25, 0.3) is 0 Å². The minimum absolute atomic E-state index is 0.253. The van der Waals surface area contributed by atoms with Crippen molar-refractivity contribution in [1.29, 1.82) is 0 Å². The summed E-state index contributed by atoms with van der Waals surface area (Å²) in [6, 6.07) is 0.253. The molecule has 0 amide bonds. The zero-order valence-corrected chi connectivity index (χ0v) is 12.7. The molecule has 108 valence electrons. The molecule has 3 atom stereocenters. The van der Waals surface area contributed by atoms with E-state index in [1.165, 1.54) is 51.5 Å². The van der Waals surface area contributed by atoms with Crippen LogP contribution in [0, 0.1) is 17.3 Å². The Hall–Kier alpha value is -0.370. The lowest BCUT2D eigenvalue weighted by molar-refractivity contribution is -0.123. The third-order valence-corrected chi connectivity index (χ3v) is 6.16. The smallest absolute Gasteiger partial charge is 0.149 e. The number of hydrogen-bond acceptors (Lipinski definition) is 2. The molecule has 0 aromatic rings. The Morgan fingerprint density at radius 1 is 1.16 bits per heavy atom. The van der Waals surface area contributed by atoms with Crippen molar-refractivity contribution in [2.75, 3.05) is 13.1 Å². The molecule has 1 aliphatic heterocycles. The predicted octanol–water partition coefficient (Wildman–Crippen LogP) is 3.65. The van der Waals surface area contributed by atoms with Crippen molar-refractivity contribution >= 4 is 5.78 Å². The van der Waals surface area contributed by atoms with E-state index < -0.39 is 0 Å². The number of hydrogen-bond donors (Lipinski definition) is 0. The van der Waals surface area contributed by atoms with E-state index in [1.54, 1.807) is 0 Å². The minimum Gasteiger partial charge on any atom is -0.298 e. The van der Waals surface area contributed by atoms with Crippen LogP contribution < -0.4 is 0 Å². The lowest BCUT2D eigenvalue weighted by Gasteiger charge is -2.24. The first kappa shape index (κ1) is 13.6. The maximum atomic E-state index is 12.1. The van der Waals surface area contributed by atoms with Crippen LogP contribution in [0.5, 0.6) is 0 Å². The van der Waals surface area contributed by atoms with Gasteiger partial charge in [-0.3, -0.25) is 9.69 Å². The van der Waals surface area contributed by atoms with Gasteiger partial charge in [-0.2, -0.15) is 0 Å². The molecule has 2 heteroatoms. The summed E-state index contributed by atoms with van der Waals surface area (Å²) in [6.07, 6.45) is 10.6. The summed E-state index contributed by atoms with van der Waals surface area (Å²) < 4.78 is 0. The molecule has 0 N–H and O–H groups in total. The second-order valence-electron chi connectivity index (χ2n) is 7.17. The number of carbonyl (C=O) groups is 1. The van der Waals surface area contributed by atoms with Crippen molar-refractivity contribution in [2.24, 2.45) is 17.3 Å². The van der Waals surface area contributed by atoms with Gasteiger partial charge in [-0.15, -0.1) is 0 Å². The summed E-state index contributed by atoms with van der Waals surface area (Å²) in [5.74, 6) is 2.42. The summed E-state index contributed by atoms with van der Waals surface area (Å²) in [5, 5.41) is 0. The number of nitrogens with zero attached hydrogens (tertiary/aromatic N) is 1. The molecule has 0 radical (unpaired) electrons. The Morgan fingerprint density at radius 2 is 1.89 bits per heavy atom. The summed E-state index contributed by atoms with van der Waals surface area (Å²) >= 11 is 0. The highest BCUT2D eigenvalue weighted by molar-refractivity contribution is 5.84. The van der Waals surface area contributed by atoms with Gasteiger partial charge in [0, 0.05) is 13.0 Å². The molecular weight excluding hydrogens is 234 g/mol. The van der Waals surface area contributed by atoms with E-state index in [0.29, 0.717) is 17.6 Å². The van der Waals surface area contributed by atoms with E-state index in [9.17, 15) is 4.79 Å². The number of rotatable bonds is 4. The number of Topliss-reactive ketones (excluding diaryl/α,β-unsaturated/α-hetero) is 1. The third kappa shape index (κ3) is 2.37. The van der Waals surface area contributed by atoms with Gasteiger partial charge in [-0.25, -0.2) is 0 Å². The first-order valence-corrected chi connectivity index (χ1v) is 8.47. The average molecular weight is 263 g/mol. The molecule has 3 rings (SSSR count). The van der Waals surface area contributed by atoms with Crippen LogP contribution >= 0.6 is 0 Å². The predicted molar refractivity (Wildman–Crippen MR) is 78.1 cm³/mol. The van der Waals surface area contributed by atoms with Gasteiger partial charge >= 0.3 is 0 Å². The highest BCUT2D eigenvalue weighted by atomic mass is 16.1. The monoisotopic (exact) mass is 263 g/mol. The van der Waals surface area contributed by atoms with E-state index in [-0.39, 0.29) is 6.04 Å². The summed E-state index contributed by atoms with van der Waals surface area (Å²) in [6.45, 7) is 6.50. The molecule has 1 heterocycles.